The highest BCUT2D eigenvalue weighted by Crippen LogP contribution is 2.23. The Morgan fingerprint density at radius 1 is 0.750 bits per heavy atom. The van der Waals surface area contributed by atoms with Gasteiger partial charge in [0.1, 0.15) is 0 Å². The van der Waals surface area contributed by atoms with Crippen LogP contribution in [0.1, 0.15) is 104 Å². The van der Waals surface area contributed by atoms with Gasteiger partial charge >= 0.3 is 5.97 Å². The molecule has 0 aromatic carbocycles. The second-order valence-corrected chi connectivity index (χ2v) is 6.20. The summed E-state index contributed by atoms with van der Waals surface area (Å²) in [5.74, 6) is 0.0145. The molecule has 1 unspecified atom stereocenters. The van der Waals surface area contributed by atoms with E-state index in [0.717, 1.165) is 6.42 Å². The topological polar surface area (TPSA) is 37.3 Å². The van der Waals surface area contributed by atoms with Crippen LogP contribution in [-0.4, -0.2) is 11.1 Å². The number of aliphatic carboxylic acids is 1. The third-order valence-corrected chi connectivity index (χ3v) is 4.20. The van der Waals surface area contributed by atoms with E-state index in [-0.39, 0.29) is 0 Å². The molecule has 0 aliphatic rings. The van der Waals surface area contributed by atoms with Crippen molar-refractivity contribution < 1.29 is 9.90 Å². The maximum atomic E-state index is 10.7. The lowest BCUT2D eigenvalue weighted by Gasteiger charge is -2.16. The molecule has 0 saturated heterocycles. The molecule has 0 heterocycles. The highest BCUT2D eigenvalue weighted by molar-refractivity contribution is 5.66. The monoisotopic (exact) mass is 284 g/mol. The third-order valence-electron chi connectivity index (χ3n) is 4.20. The normalized spacial score (nSPS) is 12.5. The SMILES string of the molecule is CCCCCCCCC(CCCCCC)CCC(=O)O. The summed E-state index contributed by atoms with van der Waals surface area (Å²) in [4.78, 5) is 10.7. The fraction of sp³-hybridized carbons (Fsp3) is 0.944. The lowest BCUT2D eigenvalue weighted by molar-refractivity contribution is -0.137. The Morgan fingerprint density at radius 3 is 1.70 bits per heavy atom. The first kappa shape index (κ1) is 19.5. The molecule has 0 spiro atoms. The molecular weight excluding hydrogens is 248 g/mol. The van der Waals surface area contributed by atoms with Gasteiger partial charge in [-0.15, -0.1) is 0 Å². The highest BCUT2D eigenvalue weighted by atomic mass is 16.4. The van der Waals surface area contributed by atoms with Gasteiger partial charge < -0.3 is 5.11 Å². The lowest BCUT2D eigenvalue weighted by atomic mass is 9.90. The quantitative estimate of drug-likeness (QED) is 0.364. The van der Waals surface area contributed by atoms with Gasteiger partial charge in [-0.1, -0.05) is 90.9 Å². The zero-order valence-corrected chi connectivity index (χ0v) is 13.8. The van der Waals surface area contributed by atoms with Crippen LogP contribution < -0.4 is 0 Å². The second kappa shape index (κ2) is 14.9. The number of carboxylic acids is 1. The molecule has 0 aliphatic heterocycles. The zero-order chi connectivity index (χ0) is 15.1. The largest absolute Gasteiger partial charge is 0.481 e. The number of hydrogen-bond acceptors (Lipinski definition) is 1. The van der Waals surface area contributed by atoms with Gasteiger partial charge in [-0.25, -0.2) is 0 Å². The molecule has 0 bridgehead atoms. The number of hydrogen-bond donors (Lipinski definition) is 1. The standard InChI is InChI=1S/C18H36O2/c1-3-5-7-9-10-12-14-17(15-16-18(19)20)13-11-8-6-4-2/h17H,3-16H2,1-2H3,(H,19,20). The average molecular weight is 284 g/mol. The van der Waals surface area contributed by atoms with Crippen LogP contribution in [0.25, 0.3) is 0 Å². The Hall–Kier alpha value is -0.530. The van der Waals surface area contributed by atoms with E-state index >= 15 is 0 Å². The Kier molecular flexibility index (Phi) is 14.5. The number of unbranched alkanes of at least 4 members (excludes halogenated alkanes) is 8. The van der Waals surface area contributed by atoms with Gasteiger partial charge in [-0.3, -0.25) is 4.79 Å². The van der Waals surface area contributed by atoms with Crippen molar-refractivity contribution in [3.8, 4) is 0 Å². The lowest BCUT2D eigenvalue weighted by Crippen LogP contribution is -2.05. The minimum atomic E-state index is -0.633. The molecule has 0 aromatic heterocycles. The molecule has 0 rings (SSSR count). The number of carbonyl (C=O) groups is 1. The molecule has 0 amide bonds. The van der Waals surface area contributed by atoms with Crippen LogP contribution in [0.2, 0.25) is 0 Å². The number of carboxylic acid groups (broad SMARTS) is 1. The van der Waals surface area contributed by atoms with Gasteiger partial charge in [-0.05, 0) is 12.3 Å². The Balaban J connectivity index is 3.71. The van der Waals surface area contributed by atoms with Crippen LogP contribution in [-0.2, 0) is 4.79 Å². The molecular formula is C18H36O2. The van der Waals surface area contributed by atoms with Crippen LogP contribution in [0.3, 0.4) is 0 Å². The predicted molar refractivity (Wildman–Crippen MR) is 87.1 cm³/mol. The summed E-state index contributed by atoms with van der Waals surface area (Å²) < 4.78 is 0. The molecule has 1 N–H and O–H groups in total. The summed E-state index contributed by atoms with van der Waals surface area (Å²) in [6.07, 6.45) is 16.9. The highest BCUT2D eigenvalue weighted by Gasteiger charge is 2.10. The van der Waals surface area contributed by atoms with Crippen molar-refractivity contribution in [1.82, 2.24) is 0 Å². The van der Waals surface area contributed by atoms with E-state index in [1.165, 1.54) is 77.0 Å². The van der Waals surface area contributed by atoms with Crippen LogP contribution in [0, 0.1) is 5.92 Å². The number of rotatable bonds is 15. The van der Waals surface area contributed by atoms with Crippen molar-refractivity contribution in [3.63, 3.8) is 0 Å². The van der Waals surface area contributed by atoms with E-state index in [0.29, 0.717) is 12.3 Å². The van der Waals surface area contributed by atoms with Gasteiger partial charge in [0, 0.05) is 6.42 Å². The van der Waals surface area contributed by atoms with Crippen molar-refractivity contribution >= 4 is 5.97 Å². The average Bonchev–Trinajstić information content (AvgIpc) is 2.43. The van der Waals surface area contributed by atoms with E-state index in [1.807, 2.05) is 0 Å². The van der Waals surface area contributed by atoms with Gasteiger partial charge in [-0.2, -0.15) is 0 Å². The molecule has 0 saturated carbocycles. The van der Waals surface area contributed by atoms with Crippen LogP contribution >= 0.6 is 0 Å². The molecule has 0 fully saturated rings. The molecule has 0 aromatic rings. The minimum absolute atomic E-state index is 0.355. The molecule has 20 heavy (non-hydrogen) atoms. The Labute approximate surface area is 126 Å². The Morgan fingerprint density at radius 2 is 1.20 bits per heavy atom. The van der Waals surface area contributed by atoms with Crippen LogP contribution in [0.15, 0.2) is 0 Å². The van der Waals surface area contributed by atoms with Gasteiger partial charge in [0.25, 0.3) is 0 Å². The molecule has 0 aliphatic carbocycles. The van der Waals surface area contributed by atoms with Crippen molar-refractivity contribution in [1.29, 1.82) is 0 Å². The molecule has 1 atom stereocenters. The van der Waals surface area contributed by atoms with Gasteiger partial charge in [0.15, 0.2) is 0 Å². The van der Waals surface area contributed by atoms with Gasteiger partial charge in [0.05, 0.1) is 0 Å². The van der Waals surface area contributed by atoms with E-state index in [9.17, 15) is 4.79 Å². The molecule has 2 nitrogen and oxygen atoms in total. The summed E-state index contributed by atoms with van der Waals surface area (Å²) in [7, 11) is 0. The summed E-state index contributed by atoms with van der Waals surface area (Å²) >= 11 is 0. The maximum absolute atomic E-state index is 10.7. The smallest absolute Gasteiger partial charge is 0.303 e. The summed E-state index contributed by atoms with van der Waals surface area (Å²) in [6.45, 7) is 4.48. The summed E-state index contributed by atoms with van der Waals surface area (Å²) in [5.41, 5.74) is 0. The zero-order valence-electron chi connectivity index (χ0n) is 13.8. The third kappa shape index (κ3) is 13.9. The van der Waals surface area contributed by atoms with E-state index in [1.54, 1.807) is 0 Å². The van der Waals surface area contributed by atoms with Crippen LogP contribution in [0.5, 0.6) is 0 Å². The summed E-state index contributed by atoms with van der Waals surface area (Å²) in [5, 5.41) is 8.84. The van der Waals surface area contributed by atoms with E-state index in [2.05, 4.69) is 13.8 Å². The van der Waals surface area contributed by atoms with Crippen molar-refractivity contribution in [2.75, 3.05) is 0 Å². The first-order chi connectivity index (χ1) is 9.70. The fourth-order valence-corrected chi connectivity index (χ4v) is 2.83. The first-order valence-electron chi connectivity index (χ1n) is 8.92. The van der Waals surface area contributed by atoms with Crippen LogP contribution in [0.4, 0.5) is 0 Å². The first-order valence-corrected chi connectivity index (χ1v) is 8.92. The minimum Gasteiger partial charge on any atom is -0.481 e. The van der Waals surface area contributed by atoms with Crippen molar-refractivity contribution in [2.24, 2.45) is 5.92 Å². The second-order valence-electron chi connectivity index (χ2n) is 6.20. The van der Waals surface area contributed by atoms with E-state index in [4.69, 9.17) is 5.11 Å². The van der Waals surface area contributed by atoms with E-state index < -0.39 is 5.97 Å². The van der Waals surface area contributed by atoms with Gasteiger partial charge in [0.2, 0.25) is 0 Å². The molecule has 120 valence electrons. The Bertz CT molecular complexity index is 213. The maximum Gasteiger partial charge on any atom is 0.303 e. The summed E-state index contributed by atoms with van der Waals surface area (Å²) in [6, 6.07) is 0. The molecule has 2 heteroatoms. The van der Waals surface area contributed by atoms with Crippen molar-refractivity contribution in [3.05, 3.63) is 0 Å². The molecule has 0 radical (unpaired) electrons. The fourth-order valence-electron chi connectivity index (χ4n) is 2.83. The predicted octanol–water partition coefficient (Wildman–Crippen LogP) is 6.19. The van der Waals surface area contributed by atoms with Crippen molar-refractivity contribution in [2.45, 2.75) is 104 Å².